The summed E-state index contributed by atoms with van der Waals surface area (Å²) < 4.78 is 37.0. The second-order valence-electron chi connectivity index (χ2n) is 3.53. The molecule has 0 fully saturated rings. The number of aldehydes is 1. The molecule has 16 heavy (non-hydrogen) atoms. The van der Waals surface area contributed by atoms with Gasteiger partial charge in [0.25, 0.3) is 0 Å². The van der Waals surface area contributed by atoms with E-state index in [0.29, 0.717) is 5.56 Å². The number of carbonyl (C=O) groups excluding carboxylic acids is 1. The predicted octanol–water partition coefficient (Wildman–Crippen LogP) is 2.11. The lowest BCUT2D eigenvalue weighted by Gasteiger charge is -2.24. The standard InChI is InChI=1S/C11H11F3O2/c12-11(13,14)10(16,8-15)7-6-9-4-2-1-3-5-9/h1-5,8,16H,6-7H2. The van der Waals surface area contributed by atoms with Crippen molar-refractivity contribution in [2.75, 3.05) is 0 Å². The molecule has 0 heterocycles. The Balaban J connectivity index is 2.70. The molecule has 1 N–H and O–H groups in total. The third-order valence-electron chi connectivity index (χ3n) is 2.32. The molecule has 88 valence electrons. The molecule has 0 aromatic heterocycles. The number of rotatable bonds is 4. The minimum absolute atomic E-state index is 0.00438. The largest absolute Gasteiger partial charge is 0.424 e. The number of hydrogen-bond donors (Lipinski definition) is 1. The quantitative estimate of drug-likeness (QED) is 0.807. The minimum atomic E-state index is -4.93. The van der Waals surface area contributed by atoms with Gasteiger partial charge < -0.3 is 5.11 Å². The molecule has 0 bridgehead atoms. The second-order valence-corrected chi connectivity index (χ2v) is 3.53. The molecule has 0 spiro atoms. The summed E-state index contributed by atoms with van der Waals surface area (Å²) in [4.78, 5) is 10.3. The highest BCUT2D eigenvalue weighted by Gasteiger charge is 2.53. The van der Waals surface area contributed by atoms with Crippen LogP contribution in [0.25, 0.3) is 0 Å². The number of aliphatic hydroxyl groups is 1. The van der Waals surface area contributed by atoms with Gasteiger partial charge in [-0.1, -0.05) is 30.3 Å². The van der Waals surface area contributed by atoms with Crippen molar-refractivity contribution in [1.82, 2.24) is 0 Å². The van der Waals surface area contributed by atoms with Crippen molar-refractivity contribution in [3.8, 4) is 0 Å². The Hall–Kier alpha value is -1.36. The first kappa shape index (κ1) is 12.7. The zero-order valence-corrected chi connectivity index (χ0v) is 8.37. The molecule has 0 amide bonds. The van der Waals surface area contributed by atoms with Crippen LogP contribution in [0, 0.1) is 0 Å². The number of carbonyl (C=O) groups is 1. The van der Waals surface area contributed by atoms with Gasteiger partial charge in [0.05, 0.1) is 0 Å². The van der Waals surface area contributed by atoms with E-state index >= 15 is 0 Å². The fourth-order valence-corrected chi connectivity index (χ4v) is 1.25. The highest BCUT2D eigenvalue weighted by Crippen LogP contribution is 2.32. The van der Waals surface area contributed by atoms with Crippen molar-refractivity contribution in [3.05, 3.63) is 35.9 Å². The van der Waals surface area contributed by atoms with E-state index in [1.54, 1.807) is 30.3 Å². The Kier molecular flexibility index (Phi) is 3.70. The van der Waals surface area contributed by atoms with Crippen LogP contribution in [0.4, 0.5) is 13.2 Å². The molecule has 1 atom stereocenters. The molecule has 1 rings (SSSR count). The van der Waals surface area contributed by atoms with Gasteiger partial charge in [0, 0.05) is 0 Å². The first-order valence-electron chi connectivity index (χ1n) is 4.68. The summed E-state index contributed by atoms with van der Waals surface area (Å²) in [7, 11) is 0. The van der Waals surface area contributed by atoms with E-state index in [1.165, 1.54) is 0 Å². The number of alkyl halides is 3. The molecule has 0 aliphatic carbocycles. The van der Waals surface area contributed by atoms with Gasteiger partial charge in [0.15, 0.2) is 6.29 Å². The van der Waals surface area contributed by atoms with Crippen molar-refractivity contribution >= 4 is 6.29 Å². The molecule has 5 heteroatoms. The molecule has 0 aliphatic rings. The maximum atomic E-state index is 12.3. The highest BCUT2D eigenvalue weighted by atomic mass is 19.4. The number of aryl methyl sites for hydroxylation is 1. The van der Waals surface area contributed by atoms with Crippen LogP contribution < -0.4 is 0 Å². The summed E-state index contributed by atoms with van der Waals surface area (Å²) >= 11 is 0. The van der Waals surface area contributed by atoms with Crippen LogP contribution >= 0.6 is 0 Å². The summed E-state index contributed by atoms with van der Waals surface area (Å²) in [5.41, 5.74) is -2.60. The first-order valence-corrected chi connectivity index (χ1v) is 4.68. The zero-order valence-electron chi connectivity index (χ0n) is 8.37. The Bertz CT molecular complexity index is 348. The van der Waals surface area contributed by atoms with E-state index < -0.39 is 24.5 Å². The SMILES string of the molecule is O=CC(O)(CCc1ccccc1)C(F)(F)F. The van der Waals surface area contributed by atoms with Gasteiger partial charge in [-0.2, -0.15) is 13.2 Å². The summed E-state index contributed by atoms with van der Waals surface area (Å²) in [5, 5.41) is 9.12. The molecule has 1 unspecified atom stereocenters. The normalized spacial score (nSPS) is 15.5. The van der Waals surface area contributed by atoms with E-state index in [-0.39, 0.29) is 6.42 Å². The van der Waals surface area contributed by atoms with Crippen molar-refractivity contribution in [3.63, 3.8) is 0 Å². The van der Waals surface area contributed by atoms with E-state index in [2.05, 4.69) is 0 Å². The highest BCUT2D eigenvalue weighted by molar-refractivity contribution is 5.63. The summed E-state index contributed by atoms with van der Waals surface area (Å²) in [6.07, 6.45) is -6.04. The van der Waals surface area contributed by atoms with Gasteiger partial charge >= 0.3 is 6.18 Å². The van der Waals surface area contributed by atoms with Gasteiger partial charge in [-0.05, 0) is 18.4 Å². The molecule has 1 aromatic carbocycles. The minimum Gasteiger partial charge on any atom is -0.374 e. The van der Waals surface area contributed by atoms with Crippen LogP contribution in [-0.2, 0) is 11.2 Å². The second kappa shape index (κ2) is 4.65. The van der Waals surface area contributed by atoms with Crippen molar-refractivity contribution < 1.29 is 23.1 Å². The fraction of sp³-hybridized carbons (Fsp3) is 0.364. The van der Waals surface area contributed by atoms with Crippen LogP contribution in [0.2, 0.25) is 0 Å². The molecule has 2 nitrogen and oxygen atoms in total. The van der Waals surface area contributed by atoms with Crippen LogP contribution in [-0.4, -0.2) is 23.2 Å². The van der Waals surface area contributed by atoms with Gasteiger partial charge in [0.1, 0.15) is 0 Å². The van der Waals surface area contributed by atoms with Crippen LogP contribution in [0.5, 0.6) is 0 Å². The maximum absolute atomic E-state index is 12.3. The zero-order chi connectivity index (χ0) is 12.2. The fourth-order valence-electron chi connectivity index (χ4n) is 1.25. The van der Waals surface area contributed by atoms with Crippen LogP contribution in [0.15, 0.2) is 30.3 Å². The van der Waals surface area contributed by atoms with Crippen molar-refractivity contribution in [2.24, 2.45) is 0 Å². The molecule has 0 aliphatic heterocycles. The van der Waals surface area contributed by atoms with Crippen molar-refractivity contribution in [2.45, 2.75) is 24.6 Å². The Morgan fingerprint density at radius 1 is 1.19 bits per heavy atom. The molecule has 0 saturated carbocycles. The maximum Gasteiger partial charge on any atom is 0.424 e. The molecular weight excluding hydrogens is 221 g/mol. The van der Waals surface area contributed by atoms with Crippen molar-refractivity contribution in [1.29, 1.82) is 0 Å². The Morgan fingerprint density at radius 2 is 1.75 bits per heavy atom. The summed E-state index contributed by atoms with van der Waals surface area (Å²) in [5.74, 6) is 0. The molecule has 1 aromatic rings. The smallest absolute Gasteiger partial charge is 0.374 e. The average molecular weight is 232 g/mol. The van der Waals surface area contributed by atoms with E-state index in [4.69, 9.17) is 5.11 Å². The van der Waals surface area contributed by atoms with Gasteiger partial charge in [-0.3, -0.25) is 4.79 Å². The lowest BCUT2D eigenvalue weighted by molar-refractivity contribution is -0.246. The number of benzene rings is 1. The van der Waals surface area contributed by atoms with Gasteiger partial charge in [0.2, 0.25) is 5.60 Å². The Morgan fingerprint density at radius 3 is 2.19 bits per heavy atom. The molecular formula is C11H11F3O2. The number of halogens is 3. The van der Waals surface area contributed by atoms with E-state index in [0.717, 1.165) is 0 Å². The molecule has 0 saturated heterocycles. The third kappa shape index (κ3) is 2.82. The predicted molar refractivity (Wildman–Crippen MR) is 51.8 cm³/mol. The van der Waals surface area contributed by atoms with E-state index in [1.807, 2.05) is 0 Å². The average Bonchev–Trinajstić information content (AvgIpc) is 2.26. The summed E-state index contributed by atoms with van der Waals surface area (Å²) in [6.45, 7) is 0. The third-order valence-corrected chi connectivity index (χ3v) is 2.32. The monoisotopic (exact) mass is 232 g/mol. The summed E-state index contributed by atoms with van der Waals surface area (Å²) in [6, 6.07) is 8.38. The topological polar surface area (TPSA) is 37.3 Å². The number of hydrogen-bond acceptors (Lipinski definition) is 2. The van der Waals surface area contributed by atoms with Crippen LogP contribution in [0.3, 0.4) is 0 Å². The Labute approximate surface area is 90.7 Å². The molecule has 0 radical (unpaired) electrons. The van der Waals surface area contributed by atoms with Crippen LogP contribution in [0.1, 0.15) is 12.0 Å². The lowest BCUT2D eigenvalue weighted by atomic mass is 9.96. The van der Waals surface area contributed by atoms with Gasteiger partial charge in [-0.15, -0.1) is 0 Å². The lowest BCUT2D eigenvalue weighted by Crippen LogP contribution is -2.47. The van der Waals surface area contributed by atoms with Gasteiger partial charge in [-0.25, -0.2) is 0 Å². The van der Waals surface area contributed by atoms with E-state index in [9.17, 15) is 18.0 Å². The first-order chi connectivity index (χ1) is 7.39.